The van der Waals surface area contributed by atoms with Gasteiger partial charge < -0.3 is 19.5 Å². The van der Waals surface area contributed by atoms with E-state index in [2.05, 4.69) is 65.1 Å². The Balaban J connectivity index is 1.09. The number of benzene rings is 5. The quantitative estimate of drug-likeness (QED) is 0.0759. The summed E-state index contributed by atoms with van der Waals surface area (Å²) in [6, 6.07) is 45.3. The number of anilines is 1. The molecule has 1 amide bonds. The minimum Gasteiger partial charge on any atom is -0.462 e. The number of nitrogens with zero attached hydrogens (tertiary/aromatic N) is 4. The zero-order valence-corrected chi connectivity index (χ0v) is 31.3. The first kappa shape index (κ1) is 38.0. The normalized spacial score (nSPS) is 13.6. The van der Waals surface area contributed by atoms with Gasteiger partial charge in [-0.25, -0.2) is 9.67 Å². The van der Waals surface area contributed by atoms with Crippen LogP contribution in [0.2, 0.25) is 0 Å². The number of aromatic nitrogens is 3. The van der Waals surface area contributed by atoms with Gasteiger partial charge in [0.25, 0.3) is 0 Å². The molecule has 282 valence electrons. The molecule has 0 aliphatic carbocycles. The van der Waals surface area contributed by atoms with Crippen molar-refractivity contribution in [3.8, 4) is 23.7 Å². The van der Waals surface area contributed by atoms with Crippen LogP contribution in [0.1, 0.15) is 65.5 Å². The molecule has 10 heteroatoms. The van der Waals surface area contributed by atoms with Crippen LogP contribution in [-0.4, -0.2) is 56.5 Å². The van der Waals surface area contributed by atoms with Crippen LogP contribution in [0.3, 0.4) is 0 Å². The maximum Gasteiger partial charge on any atom is 0.302 e. The molecule has 0 radical (unpaired) electrons. The summed E-state index contributed by atoms with van der Waals surface area (Å²) < 4.78 is 11.7. The fourth-order valence-corrected chi connectivity index (χ4v) is 6.79. The SMILES string of the molecule is CC(=O)OCC(O)(C#Cc1ccc(C2CC(=O)N2c2ccc(C#Cc3ncn(C(c4ccccc4)(c4ccccc4)c4ccccc4)n3)cc2)cc1)COC(C)=O. The lowest BCUT2D eigenvalue weighted by Gasteiger charge is -2.40. The number of esters is 2. The second kappa shape index (κ2) is 16.6. The van der Waals surface area contributed by atoms with Crippen LogP contribution < -0.4 is 4.90 Å². The smallest absolute Gasteiger partial charge is 0.302 e. The third-order valence-corrected chi connectivity index (χ3v) is 9.59. The highest BCUT2D eigenvalue weighted by Crippen LogP contribution is 2.41. The van der Waals surface area contributed by atoms with E-state index in [1.165, 1.54) is 13.8 Å². The fraction of sp³-hybridized carbons (Fsp3) is 0.170. The Kier molecular flexibility index (Phi) is 11.1. The van der Waals surface area contributed by atoms with Gasteiger partial charge in [0.2, 0.25) is 11.7 Å². The Morgan fingerprint density at radius 2 is 1.19 bits per heavy atom. The van der Waals surface area contributed by atoms with Crippen molar-refractivity contribution in [2.45, 2.75) is 37.5 Å². The minimum atomic E-state index is -1.87. The predicted octanol–water partition coefficient (Wildman–Crippen LogP) is 6.20. The molecule has 1 saturated heterocycles. The van der Waals surface area contributed by atoms with Crippen LogP contribution >= 0.6 is 0 Å². The number of hydrogen-bond acceptors (Lipinski definition) is 8. The average molecular weight is 755 g/mol. The lowest BCUT2D eigenvalue weighted by atomic mass is 9.77. The highest BCUT2D eigenvalue weighted by molar-refractivity contribution is 6.01. The van der Waals surface area contributed by atoms with Crippen molar-refractivity contribution in [3.05, 3.63) is 185 Å². The Hall–Kier alpha value is -7.27. The zero-order valence-electron chi connectivity index (χ0n) is 31.3. The van der Waals surface area contributed by atoms with Crippen molar-refractivity contribution in [2.75, 3.05) is 18.1 Å². The van der Waals surface area contributed by atoms with Gasteiger partial charge in [0.1, 0.15) is 25.1 Å². The predicted molar refractivity (Wildman–Crippen MR) is 213 cm³/mol. The van der Waals surface area contributed by atoms with Gasteiger partial charge in [-0.05, 0) is 64.6 Å². The molecular weight excluding hydrogens is 717 g/mol. The van der Waals surface area contributed by atoms with Gasteiger partial charge in [-0.2, -0.15) is 0 Å². The molecule has 1 aliphatic heterocycles. The minimum absolute atomic E-state index is 0.00261. The monoisotopic (exact) mass is 754 g/mol. The van der Waals surface area contributed by atoms with Gasteiger partial charge in [0, 0.05) is 30.7 Å². The molecule has 0 bridgehead atoms. The molecule has 2 heterocycles. The van der Waals surface area contributed by atoms with Crippen LogP contribution in [0.25, 0.3) is 0 Å². The van der Waals surface area contributed by atoms with Crippen molar-refractivity contribution in [2.24, 2.45) is 0 Å². The van der Waals surface area contributed by atoms with Crippen molar-refractivity contribution < 1.29 is 29.0 Å². The maximum atomic E-state index is 12.9. The number of carbonyl (C=O) groups excluding carboxylic acids is 3. The first-order valence-corrected chi connectivity index (χ1v) is 18.3. The van der Waals surface area contributed by atoms with Crippen molar-refractivity contribution in [1.82, 2.24) is 14.8 Å². The van der Waals surface area contributed by atoms with E-state index in [4.69, 9.17) is 14.6 Å². The lowest BCUT2D eigenvalue weighted by molar-refractivity contribution is -0.154. The largest absolute Gasteiger partial charge is 0.462 e. The van der Waals surface area contributed by atoms with Gasteiger partial charge in [-0.3, -0.25) is 14.4 Å². The van der Waals surface area contributed by atoms with Crippen molar-refractivity contribution >= 4 is 23.5 Å². The van der Waals surface area contributed by atoms with Crippen LogP contribution in [0.5, 0.6) is 0 Å². The molecular formula is C47H38N4O6. The number of β-lactam (4-membered cyclic amide) rings is 1. The lowest BCUT2D eigenvalue weighted by Crippen LogP contribution is -2.46. The Labute approximate surface area is 330 Å². The van der Waals surface area contributed by atoms with E-state index in [0.29, 0.717) is 17.8 Å². The highest BCUT2D eigenvalue weighted by Gasteiger charge is 2.40. The maximum absolute atomic E-state index is 12.9. The molecule has 7 rings (SSSR count). The van der Waals surface area contributed by atoms with Gasteiger partial charge >= 0.3 is 11.9 Å². The summed E-state index contributed by atoms with van der Waals surface area (Å²) in [5.41, 5.74) is 3.40. The van der Waals surface area contributed by atoms with Crippen molar-refractivity contribution in [3.63, 3.8) is 0 Å². The Morgan fingerprint density at radius 1 is 0.702 bits per heavy atom. The number of rotatable bonds is 10. The zero-order chi connectivity index (χ0) is 39.8. The summed E-state index contributed by atoms with van der Waals surface area (Å²) in [4.78, 5) is 41.8. The number of ether oxygens (including phenoxy) is 2. The first-order valence-electron chi connectivity index (χ1n) is 18.3. The molecule has 6 aromatic rings. The third-order valence-electron chi connectivity index (χ3n) is 9.59. The number of hydrogen-bond donors (Lipinski definition) is 1. The summed E-state index contributed by atoms with van der Waals surface area (Å²) in [6.45, 7) is 1.51. The van der Waals surface area contributed by atoms with Crippen LogP contribution in [0, 0.1) is 23.7 Å². The summed E-state index contributed by atoms with van der Waals surface area (Å²) in [7, 11) is 0. The molecule has 0 saturated carbocycles. The molecule has 1 aromatic heterocycles. The number of amides is 1. The molecule has 5 aromatic carbocycles. The van der Waals surface area contributed by atoms with Gasteiger partial charge in [-0.1, -0.05) is 121 Å². The second-order valence-electron chi connectivity index (χ2n) is 13.6. The molecule has 1 atom stereocenters. The molecule has 1 unspecified atom stereocenters. The third kappa shape index (κ3) is 8.37. The molecule has 10 nitrogen and oxygen atoms in total. The topological polar surface area (TPSA) is 124 Å². The van der Waals surface area contributed by atoms with E-state index in [0.717, 1.165) is 33.5 Å². The molecule has 1 fully saturated rings. The van der Waals surface area contributed by atoms with E-state index in [1.54, 1.807) is 23.4 Å². The number of carbonyl (C=O) groups is 3. The van der Waals surface area contributed by atoms with Gasteiger partial charge in [0.05, 0.1) is 12.5 Å². The molecule has 57 heavy (non-hydrogen) atoms. The Bertz CT molecular complexity index is 2380. The molecule has 1 N–H and O–H groups in total. The van der Waals surface area contributed by atoms with Crippen molar-refractivity contribution in [1.29, 1.82) is 0 Å². The van der Waals surface area contributed by atoms with E-state index in [9.17, 15) is 19.5 Å². The Morgan fingerprint density at radius 3 is 1.68 bits per heavy atom. The van der Waals surface area contributed by atoms with E-state index in [-0.39, 0.29) is 11.9 Å². The standard InChI is InChI=1S/C47H38N4O6/c1-34(52)56-31-46(55,32-57-35(2)53)29-28-37-18-23-38(24-19-37)43-30-45(54)51(43)42-25-20-36(21-26-42)22-27-44-48-33-50(49-44)47(39-12-6-3-7-13-39,40-14-8-4-9-15-40)41-16-10-5-11-17-41/h3-21,23-26,33,43,55H,30-32H2,1-2H3. The summed E-state index contributed by atoms with van der Waals surface area (Å²) in [5, 5.41) is 15.8. The van der Waals surface area contributed by atoms with Gasteiger partial charge in [-0.15, -0.1) is 5.10 Å². The van der Waals surface area contributed by atoms with Crippen LogP contribution in [-0.2, 0) is 29.4 Å². The van der Waals surface area contributed by atoms with E-state index in [1.807, 2.05) is 95.7 Å². The summed E-state index contributed by atoms with van der Waals surface area (Å²) >= 11 is 0. The molecule has 0 spiro atoms. The van der Waals surface area contributed by atoms with E-state index >= 15 is 0 Å². The second-order valence-corrected chi connectivity index (χ2v) is 13.6. The van der Waals surface area contributed by atoms with Crippen LogP contribution in [0.4, 0.5) is 5.69 Å². The summed E-state index contributed by atoms with van der Waals surface area (Å²) in [6.07, 6.45) is 2.08. The fourth-order valence-electron chi connectivity index (χ4n) is 6.79. The first-order chi connectivity index (χ1) is 27.6. The average Bonchev–Trinajstić information content (AvgIpc) is 3.71. The highest BCUT2D eigenvalue weighted by atomic mass is 16.6. The number of aliphatic hydroxyl groups is 1. The molecule has 1 aliphatic rings. The van der Waals surface area contributed by atoms with Crippen LogP contribution in [0.15, 0.2) is 146 Å². The summed E-state index contributed by atoms with van der Waals surface area (Å²) in [5.74, 6) is 11.0. The van der Waals surface area contributed by atoms with Gasteiger partial charge in [0.15, 0.2) is 5.60 Å². The van der Waals surface area contributed by atoms with E-state index < -0.39 is 36.3 Å².